The Labute approximate surface area is 144 Å². The lowest BCUT2D eigenvalue weighted by atomic mass is 10.0. The number of Topliss-reactive ketones (excluding diaryl/α,β-unsaturated/α-hetero) is 1. The van der Waals surface area contributed by atoms with Crippen LogP contribution in [0.5, 0.6) is 0 Å². The number of ketones is 1. The number of carbonyl (C=O) groups is 1. The van der Waals surface area contributed by atoms with E-state index in [1.54, 1.807) is 22.8 Å². The molecule has 2 heterocycles. The summed E-state index contributed by atoms with van der Waals surface area (Å²) in [4.78, 5) is 16.6. The molecule has 0 aliphatic heterocycles. The number of halogens is 2. The Balaban J connectivity index is 1.91. The number of hydrogen-bond acceptors (Lipinski definition) is 5. The zero-order valence-corrected chi connectivity index (χ0v) is 13.6. The molecule has 0 N–H and O–H groups in total. The van der Waals surface area contributed by atoms with Crippen molar-refractivity contribution in [3.8, 4) is 16.6 Å². The molecule has 3 nitrogen and oxygen atoms in total. The smallest absolute Gasteiger partial charge is 0.203 e. The van der Waals surface area contributed by atoms with Crippen LogP contribution in [0.4, 0.5) is 8.78 Å². The quantitative estimate of drug-likeness (QED) is 0.377. The Kier molecular flexibility index (Phi) is 4.60. The standard InChI is InChI=1S/C17H8F2N2OS2/c18-14-2-1-10(6-15(14)19)16(22)12(7-20)5-13-9-24-17(21-13)11-3-4-23-8-11/h1-6,8-9H/b12-5-. The minimum absolute atomic E-state index is 0.0880. The van der Waals surface area contributed by atoms with Crippen LogP contribution >= 0.6 is 22.7 Å². The Morgan fingerprint density at radius 1 is 1.21 bits per heavy atom. The molecule has 0 saturated carbocycles. The fourth-order valence-corrected chi connectivity index (χ4v) is 3.45. The average Bonchev–Trinajstić information content (AvgIpc) is 3.25. The van der Waals surface area contributed by atoms with E-state index in [9.17, 15) is 18.8 Å². The SMILES string of the molecule is N#C/C(=C/c1csc(-c2ccsc2)n1)C(=O)c1ccc(F)c(F)c1. The third-order valence-corrected chi connectivity index (χ3v) is 4.72. The average molecular weight is 358 g/mol. The van der Waals surface area contributed by atoms with Crippen LogP contribution in [0, 0.1) is 23.0 Å². The van der Waals surface area contributed by atoms with Gasteiger partial charge in [-0.25, -0.2) is 13.8 Å². The number of nitriles is 1. The van der Waals surface area contributed by atoms with Crippen molar-refractivity contribution >= 4 is 34.5 Å². The largest absolute Gasteiger partial charge is 0.288 e. The van der Waals surface area contributed by atoms with Gasteiger partial charge in [0.2, 0.25) is 5.78 Å². The number of thiophene rings is 1. The van der Waals surface area contributed by atoms with E-state index in [1.165, 1.54) is 17.4 Å². The van der Waals surface area contributed by atoms with E-state index in [4.69, 9.17) is 0 Å². The van der Waals surface area contributed by atoms with Crippen molar-refractivity contribution in [1.29, 1.82) is 5.26 Å². The van der Waals surface area contributed by atoms with Crippen LogP contribution in [0.25, 0.3) is 16.6 Å². The van der Waals surface area contributed by atoms with E-state index in [0.29, 0.717) is 5.69 Å². The molecule has 0 radical (unpaired) electrons. The van der Waals surface area contributed by atoms with E-state index < -0.39 is 17.4 Å². The molecule has 0 spiro atoms. The number of thiazole rings is 1. The van der Waals surface area contributed by atoms with Gasteiger partial charge in [-0.15, -0.1) is 11.3 Å². The molecule has 7 heteroatoms. The molecule has 0 atom stereocenters. The van der Waals surface area contributed by atoms with Gasteiger partial charge in [-0.3, -0.25) is 4.79 Å². The number of aromatic nitrogens is 1. The first-order valence-electron chi connectivity index (χ1n) is 6.68. The Hall–Kier alpha value is -2.69. The van der Waals surface area contributed by atoms with Gasteiger partial charge in [0.05, 0.1) is 5.69 Å². The molecular weight excluding hydrogens is 350 g/mol. The second-order valence-corrected chi connectivity index (χ2v) is 6.36. The summed E-state index contributed by atoms with van der Waals surface area (Å²) in [6.07, 6.45) is 1.34. The van der Waals surface area contributed by atoms with Crippen molar-refractivity contribution in [2.75, 3.05) is 0 Å². The van der Waals surface area contributed by atoms with Crippen molar-refractivity contribution < 1.29 is 13.6 Å². The molecule has 0 aliphatic rings. The topological polar surface area (TPSA) is 53.8 Å². The van der Waals surface area contributed by atoms with Crippen molar-refractivity contribution in [1.82, 2.24) is 4.98 Å². The highest BCUT2D eigenvalue weighted by molar-refractivity contribution is 7.14. The maximum atomic E-state index is 13.3. The van der Waals surface area contributed by atoms with Crippen molar-refractivity contribution in [3.05, 3.63) is 68.9 Å². The van der Waals surface area contributed by atoms with Crippen molar-refractivity contribution in [2.24, 2.45) is 0 Å². The summed E-state index contributed by atoms with van der Waals surface area (Å²) in [5, 5.41) is 15.6. The maximum Gasteiger partial charge on any atom is 0.203 e. The predicted molar refractivity (Wildman–Crippen MR) is 89.7 cm³/mol. The van der Waals surface area contributed by atoms with E-state index in [1.807, 2.05) is 16.8 Å². The van der Waals surface area contributed by atoms with E-state index >= 15 is 0 Å². The molecule has 0 saturated heterocycles. The normalized spacial score (nSPS) is 11.3. The predicted octanol–water partition coefficient (Wildman–Crippen LogP) is 4.94. The minimum Gasteiger partial charge on any atom is -0.288 e. The summed E-state index contributed by atoms with van der Waals surface area (Å²) in [6.45, 7) is 0. The van der Waals surface area contributed by atoms with Crippen molar-refractivity contribution in [3.63, 3.8) is 0 Å². The fraction of sp³-hybridized carbons (Fsp3) is 0. The van der Waals surface area contributed by atoms with Gasteiger partial charge in [-0.2, -0.15) is 16.6 Å². The number of rotatable bonds is 4. The first-order valence-corrected chi connectivity index (χ1v) is 8.50. The molecule has 0 aliphatic carbocycles. The Morgan fingerprint density at radius 2 is 2.04 bits per heavy atom. The van der Waals surface area contributed by atoms with E-state index in [2.05, 4.69) is 4.98 Å². The first kappa shape index (κ1) is 16.2. The number of carbonyl (C=O) groups excluding carboxylic acids is 1. The van der Waals surface area contributed by atoms with E-state index in [-0.39, 0.29) is 11.1 Å². The summed E-state index contributed by atoms with van der Waals surface area (Å²) >= 11 is 2.94. The van der Waals surface area contributed by atoms with Gasteiger partial charge < -0.3 is 0 Å². The molecule has 0 unspecified atom stereocenters. The lowest BCUT2D eigenvalue weighted by Crippen LogP contribution is -2.03. The number of allylic oxidation sites excluding steroid dienone is 1. The summed E-state index contributed by atoms with van der Waals surface area (Å²) in [5.41, 5.74) is 1.15. The summed E-state index contributed by atoms with van der Waals surface area (Å²) in [5.74, 6) is -2.86. The van der Waals surface area contributed by atoms with Crippen molar-refractivity contribution in [2.45, 2.75) is 0 Å². The zero-order chi connectivity index (χ0) is 17.1. The van der Waals surface area contributed by atoms with Crippen LogP contribution in [0.2, 0.25) is 0 Å². The van der Waals surface area contributed by atoms with Gasteiger partial charge in [0.25, 0.3) is 0 Å². The molecular formula is C17H8F2N2OS2. The first-order chi connectivity index (χ1) is 11.6. The molecule has 2 aromatic heterocycles. The van der Waals surface area contributed by atoms with Crippen LogP contribution in [0.3, 0.4) is 0 Å². The van der Waals surface area contributed by atoms with Crippen LogP contribution in [-0.2, 0) is 0 Å². The molecule has 0 fully saturated rings. The van der Waals surface area contributed by atoms with Gasteiger partial charge in [-0.1, -0.05) is 0 Å². The third-order valence-electron chi connectivity index (χ3n) is 3.13. The van der Waals surface area contributed by atoms with E-state index in [0.717, 1.165) is 28.8 Å². The minimum atomic E-state index is -1.13. The Morgan fingerprint density at radius 3 is 2.71 bits per heavy atom. The van der Waals surface area contributed by atoms with Crippen LogP contribution in [-0.4, -0.2) is 10.8 Å². The van der Waals surface area contributed by atoms with Crippen LogP contribution in [0.15, 0.2) is 46.0 Å². The molecule has 118 valence electrons. The van der Waals surface area contributed by atoms with Gasteiger partial charge in [0.15, 0.2) is 11.6 Å². The second kappa shape index (κ2) is 6.83. The highest BCUT2D eigenvalue weighted by Gasteiger charge is 2.15. The maximum absolute atomic E-state index is 13.3. The lowest BCUT2D eigenvalue weighted by Gasteiger charge is -2.00. The zero-order valence-electron chi connectivity index (χ0n) is 12.0. The lowest BCUT2D eigenvalue weighted by molar-refractivity contribution is 0.103. The molecule has 3 rings (SSSR count). The van der Waals surface area contributed by atoms with Gasteiger partial charge in [0, 0.05) is 21.9 Å². The molecule has 24 heavy (non-hydrogen) atoms. The number of nitrogens with zero attached hydrogens (tertiary/aromatic N) is 2. The number of hydrogen-bond donors (Lipinski definition) is 0. The van der Waals surface area contributed by atoms with Crippen LogP contribution < -0.4 is 0 Å². The molecule has 0 amide bonds. The van der Waals surface area contributed by atoms with Gasteiger partial charge >= 0.3 is 0 Å². The highest BCUT2D eigenvalue weighted by Crippen LogP contribution is 2.26. The Bertz CT molecular complexity index is 969. The summed E-state index contributed by atoms with van der Waals surface area (Å²) in [7, 11) is 0. The van der Waals surface area contributed by atoms with Crippen LogP contribution in [0.1, 0.15) is 16.1 Å². The highest BCUT2D eigenvalue weighted by atomic mass is 32.1. The molecule has 3 aromatic rings. The molecule has 1 aromatic carbocycles. The number of benzene rings is 1. The summed E-state index contributed by atoms with van der Waals surface area (Å²) in [6, 6.07) is 6.49. The van der Waals surface area contributed by atoms with Gasteiger partial charge in [-0.05, 0) is 35.7 Å². The summed E-state index contributed by atoms with van der Waals surface area (Å²) < 4.78 is 26.2. The third kappa shape index (κ3) is 3.30. The second-order valence-electron chi connectivity index (χ2n) is 4.72. The monoisotopic (exact) mass is 358 g/mol. The molecule has 0 bridgehead atoms. The van der Waals surface area contributed by atoms with Gasteiger partial charge in [0.1, 0.15) is 16.6 Å². The fourth-order valence-electron chi connectivity index (χ4n) is 1.96.